The van der Waals surface area contributed by atoms with Crippen LogP contribution in [-0.4, -0.2) is 45.6 Å². The lowest BCUT2D eigenvalue weighted by Crippen LogP contribution is -2.38. The molecular weight excluding hydrogens is 486 g/mol. The molecular formula is C27H25ClF2N4O2. The second kappa shape index (κ2) is 10.3. The van der Waals surface area contributed by atoms with Crippen LogP contribution in [0.3, 0.4) is 0 Å². The SMILES string of the molecule is CCN1CCC(Oc2cc3nc(Cc4ccc(-c5cc(F)cc(F)c5)nc4)[nH]c(=O)c3cc2Cl)CC1. The van der Waals surface area contributed by atoms with Crippen LogP contribution in [0.5, 0.6) is 5.75 Å². The second-order valence-corrected chi connectivity index (χ2v) is 9.36. The number of nitrogens with zero attached hydrogens (tertiary/aromatic N) is 3. The summed E-state index contributed by atoms with van der Waals surface area (Å²) in [5, 5.41) is 0.771. The van der Waals surface area contributed by atoms with Gasteiger partial charge in [-0.1, -0.05) is 24.6 Å². The molecule has 9 heteroatoms. The molecule has 6 nitrogen and oxygen atoms in total. The Morgan fingerprint density at radius 3 is 2.53 bits per heavy atom. The standard InChI is InChI=1S/C27H25ClF2N4O2/c1-2-34-7-5-20(6-8-34)36-25-14-24-21(13-22(25)28)27(35)33-26(32-24)9-16-3-4-23(31-15-16)17-10-18(29)12-19(30)11-17/h3-4,10-15,20H,2,5-9H2,1H3,(H,32,33,35). The first-order valence-corrected chi connectivity index (χ1v) is 12.3. The molecule has 1 saturated heterocycles. The number of benzene rings is 2. The minimum absolute atomic E-state index is 0.0698. The predicted molar refractivity (Wildman–Crippen MR) is 136 cm³/mol. The van der Waals surface area contributed by atoms with Gasteiger partial charge in [0, 0.05) is 43.4 Å². The highest BCUT2D eigenvalue weighted by Crippen LogP contribution is 2.30. The van der Waals surface area contributed by atoms with E-state index in [1.54, 1.807) is 30.5 Å². The Kier molecular flexibility index (Phi) is 6.98. The van der Waals surface area contributed by atoms with Crippen molar-refractivity contribution >= 4 is 22.5 Å². The number of likely N-dealkylation sites (tertiary alicyclic amines) is 1. The molecule has 4 aromatic rings. The van der Waals surface area contributed by atoms with Gasteiger partial charge in [0.1, 0.15) is 29.3 Å². The van der Waals surface area contributed by atoms with Crippen molar-refractivity contribution in [1.82, 2.24) is 19.9 Å². The van der Waals surface area contributed by atoms with Crippen LogP contribution in [0.25, 0.3) is 22.2 Å². The third kappa shape index (κ3) is 5.39. The van der Waals surface area contributed by atoms with Crippen molar-refractivity contribution in [2.75, 3.05) is 19.6 Å². The van der Waals surface area contributed by atoms with Crippen LogP contribution in [0.15, 0.2) is 53.5 Å². The van der Waals surface area contributed by atoms with E-state index in [1.165, 1.54) is 12.1 Å². The summed E-state index contributed by atoms with van der Waals surface area (Å²) in [6.45, 7) is 5.14. The topological polar surface area (TPSA) is 71.1 Å². The Morgan fingerprint density at radius 1 is 1.11 bits per heavy atom. The number of hydrogen-bond donors (Lipinski definition) is 1. The molecule has 1 fully saturated rings. The molecule has 0 aliphatic carbocycles. The van der Waals surface area contributed by atoms with Crippen molar-refractivity contribution in [2.45, 2.75) is 32.3 Å². The average molecular weight is 511 g/mol. The smallest absolute Gasteiger partial charge is 0.258 e. The molecule has 2 aromatic carbocycles. The first-order valence-electron chi connectivity index (χ1n) is 11.9. The molecule has 186 valence electrons. The minimum Gasteiger partial charge on any atom is -0.489 e. The van der Waals surface area contributed by atoms with Crippen molar-refractivity contribution < 1.29 is 13.5 Å². The van der Waals surface area contributed by atoms with E-state index in [0.29, 0.717) is 45.2 Å². The van der Waals surface area contributed by atoms with E-state index in [9.17, 15) is 13.6 Å². The third-order valence-electron chi connectivity index (χ3n) is 6.44. The summed E-state index contributed by atoms with van der Waals surface area (Å²) in [6.07, 6.45) is 3.83. The van der Waals surface area contributed by atoms with Crippen LogP contribution in [0.4, 0.5) is 8.78 Å². The van der Waals surface area contributed by atoms with Gasteiger partial charge in [-0.3, -0.25) is 9.78 Å². The van der Waals surface area contributed by atoms with Crippen molar-refractivity contribution in [2.24, 2.45) is 0 Å². The van der Waals surface area contributed by atoms with Gasteiger partial charge >= 0.3 is 0 Å². The van der Waals surface area contributed by atoms with Crippen LogP contribution < -0.4 is 10.3 Å². The summed E-state index contributed by atoms with van der Waals surface area (Å²) in [5.74, 6) is -0.341. The Balaban J connectivity index is 1.36. The molecule has 0 unspecified atom stereocenters. The summed E-state index contributed by atoms with van der Waals surface area (Å²) in [6, 6.07) is 10.1. The summed E-state index contributed by atoms with van der Waals surface area (Å²) >= 11 is 6.43. The van der Waals surface area contributed by atoms with Gasteiger partial charge in [-0.2, -0.15) is 0 Å². The highest BCUT2D eigenvalue weighted by molar-refractivity contribution is 6.32. The van der Waals surface area contributed by atoms with Crippen LogP contribution in [0.1, 0.15) is 31.2 Å². The second-order valence-electron chi connectivity index (χ2n) is 8.95. The first-order chi connectivity index (χ1) is 17.4. The lowest BCUT2D eigenvalue weighted by Gasteiger charge is -2.31. The summed E-state index contributed by atoms with van der Waals surface area (Å²) < 4.78 is 33.2. The number of pyridine rings is 1. The normalized spacial score (nSPS) is 14.9. The molecule has 0 bridgehead atoms. The van der Waals surface area contributed by atoms with E-state index in [1.807, 2.05) is 0 Å². The third-order valence-corrected chi connectivity index (χ3v) is 6.73. The number of rotatable bonds is 6. The van der Waals surface area contributed by atoms with Crippen LogP contribution in [-0.2, 0) is 6.42 Å². The van der Waals surface area contributed by atoms with Gasteiger partial charge in [-0.15, -0.1) is 0 Å². The minimum atomic E-state index is -0.663. The molecule has 3 heterocycles. The van der Waals surface area contributed by atoms with Gasteiger partial charge < -0.3 is 14.6 Å². The maximum Gasteiger partial charge on any atom is 0.258 e. The lowest BCUT2D eigenvalue weighted by molar-refractivity contribution is 0.104. The molecule has 0 atom stereocenters. The number of fused-ring (bicyclic) bond motifs is 1. The lowest BCUT2D eigenvalue weighted by atomic mass is 10.1. The van der Waals surface area contributed by atoms with E-state index >= 15 is 0 Å². The molecule has 0 amide bonds. The van der Waals surface area contributed by atoms with Gasteiger partial charge in [0.2, 0.25) is 0 Å². The maximum absolute atomic E-state index is 13.5. The number of hydrogen-bond acceptors (Lipinski definition) is 5. The van der Waals surface area contributed by atoms with E-state index in [-0.39, 0.29) is 11.7 Å². The van der Waals surface area contributed by atoms with Gasteiger partial charge in [-0.25, -0.2) is 13.8 Å². The van der Waals surface area contributed by atoms with Crippen molar-refractivity contribution in [3.05, 3.63) is 87.1 Å². The molecule has 1 aliphatic heterocycles. The number of piperidine rings is 1. The molecule has 0 saturated carbocycles. The van der Waals surface area contributed by atoms with Gasteiger partial charge in [-0.05, 0) is 49.2 Å². The fraction of sp³-hybridized carbons (Fsp3) is 0.296. The van der Waals surface area contributed by atoms with E-state index in [2.05, 4.69) is 26.8 Å². The molecule has 1 N–H and O–H groups in total. The van der Waals surface area contributed by atoms with E-state index in [4.69, 9.17) is 16.3 Å². The summed E-state index contributed by atoms with van der Waals surface area (Å²) in [4.78, 5) is 26.9. The number of H-pyrrole nitrogens is 1. The molecule has 0 radical (unpaired) electrons. The molecule has 5 rings (SSSR count). The van der Waals surface area contributed by atoms with E-state index < -0.39 is 11.6 Å². The zero-order chi connectivity index (χ0) is 25.2. The van der Waals surface area contributed by atoms with E-state index in [0.717, 1.165) is 44.1 Å². The van der Waals surface area contributed by atoms with Crippen LogP contribution >= 0.6 is 11.6 Å². The largest absolute Gasteiger partial charge is 0.489 e. The van der Waals surface area contributed by atoms with Gasteiger partial charge in [0.15, 0.2) is 0 Å². The number of aromatic nitrogens is 3. The average Bonchev–Trinajstić information content (AvgIpc) is 2.85. The van der Waals surface area contributed by atoms with Crippen molar-refractivity contribution in [3.8, 4) is 17.0 Å². The van der Waals surface area contributed by atoms with Gasteiger partial charge in [0.25, 0.3) is 5.56 Å². The van der Waals surface area contributed by atoms with Crippen molar-refractivity contribution in [1.29, 1.82) is 0 Å². The number of aromatic amines is 1. The zero-order valence-corrected chi connectivity index (χ0v) is 20.5. The number of ether oxygens (including phenoxy) is 1. The number of nitrogens with one attached hydrogen (secondary N) is 1. The zero-order valence-electron chi connectivity index (χ0n) is 19.7. The molecule has 1 aliphatic rings. The molecule has 36 heavy (non-hydrogen) atoms. The number of halogens is 3. The monoisotopic (exact) mass is 510 g/mol. The van der Waals surface area contributed by atoms with Crippen molar-refractivity contribution in [3.63, 3.8) is 0 Å². The first kappa shape index (κ1) is 24.3. The Labute approximate surface area is 211 Å². The molecule has 2 aromatic heterocycles. The Hall–Kier alpha value is -3.36. The summed E-state index contributed by atoms with van der Waals surface area (Å²) in [7, 11) is 0. The highest BCUT2D eigenvalue weighted by Gasteiger charge is 2.21. The molecule has 0 spiro atoms. The van der Waals surface area contributed by atoms with Crippen LogP contribution in [0.2, 0.25) is 5.02 Å². The fourth-order valence-electron chi connectivity index (χ4n) is 4.48. The predicted octanol–water partition coefficient (Wildman–Crippen LogP) is 5.37. The van der Waals surface area contributed by atoms with Crippen LogP contribution in [0, 0.1) is 11.6 Å². The maximum atomic E-state index is 13.5. The Bertz CT molecular complexity index is 1430. The van der Waals surface area contributed by atoms with Gasteiger partial charge in [0.05, 0.1) is 21.6 Å². The summed E-state index contributed by atoms with van der Waals surface area (Å²) in [5.41, 5.74) is 1.78. The highest BCUT2D eigenvalue weighted by atomic mass is 35.5. The Morgan fingerprint density at radius 2 is 1.86 bits per heavy atom. The fourth-order valence-corrected chi connectivity index (χ4v) is 4.69. The quantitative estimate of drug-likeness (QED) is 0.377.